The van der Waals surface area contributed by atoms with Gasteiger partial charge in [0.15, 0.2) is 0 Å². The van der Waals surface area contributed by atoms with E-state index in [-0.39, 0.29) is 11.1 Å². The fraction of sp³-hybridized carbons (Fsp3) is 0.182. The van der Waals surface area contributed by atoms with Gasteiger partial charge in [-0.2, -0.15) is 0 Å². The van der Waals surface area contributed by atoms with Crippen molar-refractivity contribution < 1.29 is 14.3 Å². The van der Waals surface area contributed by atoms with Gasteiger partial charge in [-0.1, -0.05) is 42.0 Å². The van der Waals surface area contributed by atoms with Crippen LogP contribution < -0.4 is 4.74 Å². The van der Waals surface area contributed by atoms with Gasteiger partial charge in [-0.3, -0.25) is 14.5 Å². The Morgan fingerprint density at radius 2 is 2.00 bits per heavy atom. The Kier molecular flexibility index (Phi) is 5.81. The number of rotatable bonds is 6. The first-order valence-electron chi connectivity index (χ1n) is 8.61. The van der Waals surface area contributed by atoms with Crippen LogP contribution in [0.4, 0.5) is 4.79 Å². The molecule has 0 N–H and O–H groups in total. The average Bonchev–Trinajstić information content (AvgIpc) is 2.88. The number of carbonyl (C=O) groups excluding carboxylic acids is 2. The van der Waals surface area contributed by atoms with Crippen molar-refractivity contribution in [2.75, 3.05) is 7.05 Å². The summed E-state index contributed by atoms with van der Waals surface area (Å²) in [5.74, 6) is 0.521. The number of benzene rings is 2. The van der Waals surface area contributed by atoms with Crippen LogP contribution in [0.1, 0.15) is 22.3 Å². The fourth-order valence-corrected chi connectivity index (χ4v) is 3.63. The number of thioether (sulfide) groups is 1. The molecule has 0 spiro atoms. The molecule has 1 aliphatic rings. The van der Waals surface area contributed by atoms with Crippen LogP contribution in [-0.2, 0) is 17.8 Å². The van der Waals surface area contributed by atoms with E-state index in [0.717, 1.165) is 39.1 Å². The van der Waals surface area contributed by atoms with Gasteiger partial charge in [0.1, 0.15) is 12.4 Å². The summed E-state index contributed by atoms with van der Waals surface area (Å²) in [6.45, 7) is 6.35. The number of nitrogens with zero attached hydrogens (tertiary/aromatic N) is 1. The first-order valence-corrected chi connectivity index (χ1v) is 9.43. The van der Waals surface area contributed by atoms with Crippen molar-refractivity contribution in [2.24, 2.45) is 0 Å². The number of hydrogen-bond donors (Lipinski definition) is 0. The van der Waals surface area contributed by atoms with Crippen LogP contribution in [0.2, 0.25) is 0 Å². The van der Waals surface area contributed by atoms with Gasteiger partial charge in [-0.25, -0.2) is 0 Å². The van der Waals surface area contributed by atoms with Crippen LogP contribution in [-0.4, -0.2) is 23.1 Å². The summed E-state index contributed by atoms with van der Waals surface area (Å²) in [7, 11) is 1.49. The Labute approximate surface area is 163 Å². The van der Waals surface area contributed by atoms with Crippen molar-refractivity contribution in [3.63, 3.8) is 0 Å². The van der Waals surface area contributed by atoms with Crippen molar-refractivity contribution in [2.45, 2.75) is 20.0 Å². The minimum atomic E-state index is -0.268. The lowest BCUT2D eigenvalue weighted by atomic mass is 10.1. The molecular formula is C22H21NO3S. The smallest absolute Gasteiger partial charge is 0.293 e. The molecule has 0 bridgehead atoms. The molecule has 2 aromatic rings. The summed E-state index contributed by atoms with van der Waals surface area (Å²) in [4.78, 5) is 25.3. The fourth-order valence-electron chi connectivity index (χ4n) is 2.80. The largest absolute Gasteiger partial charge is 0.489 e. The van der Waals surface area contributed by atoms with E-state index in [1.807, 2.05) is 36.4 Å². The second kappa shape index (κ2) is 8.27. The van der Waals surface area contributed by atoms with E-state index in [9.17, 15) is 9.59 Å². The van der Waals surface area contributed by atoms with Gasteiger partial charge in [-0.15, -0.1) is 6.58 Å². The van der Waals surface area contributed by atoms with Crippen molar-refractivity contribution in [3.8, 4) is 5.75 Å². The third kappa shape index (κ3) is 4.49. The summed E-state index contributed by atoms with van der Waals surface area (Å²) in [6, 6.07) is 14.0. The predicted molar refractivity (Wildman–Crippen MR) is 110 cm³/mol. The third-order valence-electron chi connectivity index (χ3n) is 4.21. The van der Waals surface area contributed by atoms with Crippen LogP contribution in [0, 0.1) is 6.92 Å². The maximum absolute atomic E-state index is 12.1. The predicted octanol–water partition coefficient (Wildman–Crippen LogP) is 4.97. The van der Waals surface area contributed by atoms with Crippen LogP contribution in [0.5, 0.6) is 5.75 Å². The Bertz CT molecular complexity index is 933. The van der Waals surface area contributed by atoms with Crippen molar-refractivity contribution >= 4 is 29.0 Å². The van der Waals surface area contributed by atoms with E-state index < -0.39 is 0 Å². The molecular weight excluding hydrogens is 358 g/mol. The zero-order chi connectivity index (χ0) is 19.4. The number of carbonyl (C=O) groups is 2. The number of aryl methyl sites for hydroxylation is 1. The molecule has 0 atom stereocenters. The second-order valence-electron chi connectivity index (χ2n) is 6.38. The number of hydrogen-bond acceptors (Lipinski definition) is 4. The zero-order valence-corrected chi connectivity index (χ0v) is 16.2. The topological polar surface area (TPSA) is 46.6 Å². The third-order valence-corrected chi connectivity index (χ3v) is 5.17. The van der Waals surface area contributed by atoms with Gasteiger partial charge < -0.3 is 4.74 Å². The highest BCUT2D eigenvalue weighted by Gasteiger charge is 2.31. The molecule has 0 aliphatic carbocycles. The van der Waals surface area contributed by atoms with Crippen LogP contribution in [0.3, 0.4) is 0 Å². The molecule has 4 nitrogen and oxygen atoms in total. The Hall–Kier alpha value is -2.79. The highest BCUT2D eigenvalue weighted by atomic mass is 32.2. The second-order valence-corrected chi connectivity index (χ2v) is 7.37. The van der Waals surface area contributed by atoms with E-state index in [0.29, 0.717) is 17.9 Å². The van der Waals surface area contributed by atoms with Crippen molar-refractivity contribution in [1.29, 1.82) is 0 Å². The lowest BCUT2D eigenvalue weighted by Gasteiger charge is -2.12. The number of amides is 2. The van der Waals surface area contributed by atoms with E-state index in [4.69, 9.17) is 4.74 Å². The first-order chi connectivity index (χ1) is 13.0. The van der Waals surface area contributed by atoms with Gasteiger partial charge in [0, 0.05) is 7.05 Å². The molecule has 0 aromatic heterocycles. The first kappa shape index (κ1) is 19.0. The summed E-state index contributed by atoms with van der Waals surface area (Å²) in [5, 5.41) is -0.254. The highest BCUT2D eigenvalue weighted by Crippen LogP contribution is 2.32. The van der Waals surface area contributed by atoms with E-state index in [2.05, 4.69) is 25.6 Å². The molecule has 3 rings (SSSR count). The summed E-state index contributed by atoms with van der Waals surface area (Å²) < 4.78 is 6.01. The van der Waals surface area contributed by atoms with Gasteiger partial charge in [0.2, 0.25) is 0 Å². The van der Waals surface area contributed by atoms with Crippen LogP contribution in [0.25, 0.3) is 6.08 Å². The lowest BCUT2D eigenvalue weighted by molar-refractivity contribution is -0.121. The molecule has 0 radical (unpaired) electrons. The maximum atomic E-state index is 12.1. The quantitative estimate of drug-likeness (QED) is 0.525. The molecule has 0 saturated carbocycles. The molecule has 0 unspecified atom stereocenters. The maximum Gasteiger partial charge on any atom is 0.293 e. The molecule has 27 heavy (non-hydrogen) atoms. The molecule has 1 saturated heterocycles. The number of ether oxygens (including phenoxy) is 1. The average molecular weight is 379 g/mol. The zero-order valence-electron chi connectivity index (χ0n) is 15.4. The van der Waals surface area contributed by atoms with Crippen molar-refractivity contribution in [3.05, 3.63) is 82.3 Å². The molecule has 1 aliphatic heterocycles. The van der Waals surface area contributed by atoms with Crippen molar-refractivity contribution in [1.82, 2.24) is 4.90 Å². The summed E-state index contributed by atoms with van der Waals surface area (Å²) in [6.07, 6.45) is 4.21. The minimum absolute atomic E-state index is 0.254. The molecule has 2 aromatic carbocycles. The molecule has 138 valence electrons. The SMILES string of the molecule is C=CCc1cc(/C=C2\SC(=O)N(C)C2=O)ccc1OCc1cccc(C)c1. The Morgan fingerprint density at radius 3 is 2.67 bits per heavy atom. The van der Waals surface area contributed by atoms with Crippen LogP contribution in [0.15, 0.2) is 60.0 Å². The van der Waals surface area contributed by atoms with Crippen LogP contribution >= 0.6 is 11.8 Å². The number of likely N-dealkylation sites (N-methyl/N-ethyl adjacent to an activating group) is 1. The molecule has 2 amide bonds. The highest BCUT2D eigenvalue weighted by molar-refractivity contribution is 8.18. The minimum Gasteiger partial charge on any atom is -0.489 e. The molecule has 1 fully saturated rings. The lowest BCUT2D eigenvalue weighted by Crippen LogP contribution is -2.22. The molecule has 1 heterocycles. The molecule has 5 heteroatoms. The standard InChI is InChI=1S/C22H21NO3S/c1-4-6-18-12-16(13-20-21(24)23(3)22(25)27-20)9-10-19(18)26-14-17-8-5-7-15(2)11-17/h4-5,7-13H,1,6,14H2,2-3H3/b20-13-. The Balaban J connectivity index is 1.81. The number of imide groups is 1. The van der Waals surface area contributed by atoms with E-state index in [1.54, 1.807) is 6.08 Å². The van der Waals surface area contributed by atoms with E-state index >= 15 is 0 Å². The summed E-state index contributed by atoms with van der Waals surface area (Å²) >= 11 is 0.956. The number of allylic oxidation sites excluding steroid dienone is 1. The Morgan fingerprint density at radius 1 is 1.19 bits per heavy atom. The summed E-state index contributed by atoms with van der Waals surface area (Å²) in [5.41, 5.74) is 4.15. The van der Waals surface area contributed by atoms with Gasteiger partial charge >= 0.3 is 0 Å². The van der Waals surface area contributed by atoms with Gasteiger partial charge in [0.05, 0.1) is 4.91 Å². The van der Waals surface area contributed by atoms with Gasteiger partial charge in [-0.05, 0) is 60.0 Å². The normalized spacial score (nSPS) is 15.5. The van der Waals surface area contributed by atoms with Gasteiger partial charge in [0.25, 0.3) is 11.1 Å². The monoisotopic (exact) mass is 379 g/mol. The van der Waals surface area contributed by atoms with E-state index in [1.165, 1.54) is 12.6 Å².